The Morgan fingerprint density at radius 3 is 2.50 bits per heavy atom. The van der Waals surface area contributed by atoms with Gasteiger partial charge in [-0.1, -0.05) is 30.3 Å². The predicted octanol–water partition coefficient (Wildman–Crippen LogP) is 1.49. The number of amides is 1. The maximum atomic E-state index is 11.8. The Kier molecular flexibility index (Phi) is 5.15. The molecular weight excluding hydrogens is 252 g/mol. The minimum atomic E-state index is -0.901. The molecule has 110 valence electrons. The maximum absolute atomic E-state index is 11.8. The molecule has 1 aromatic carbocycles. The van der Waals surface area contributed by atoms with E-state index in [1.54, 1.807) is 11.9 Å². The van der Waals surface area contributed by atoms with E-state index < -0.39 is 6.10 Å². The minimum Gasteiger partial charge on any atom is -0.384 e. The number of benzene rings is 1. The summed E-state index contributed by atoms with van der Waals surface area (Å²) < 4.78 is 0. The van der Waals surface area contributed by atoms with Gasteiger partial charge in [-0.3, -0.25) is 9.69 Å². The average Bonchev–Trinajstić information content (AvgIpc) is 2.47. The van der Waals surface area contributed by atoms with Crippen molar-refractivity contribution in [2.24, 2.45) is 0 Å². The summed E-state index contributed by atoms with van der Waals surface area (Å²) in [6.07, 6.45) is 1.05. The van der Waals surface area contributed by atoms with Crippen LogP contribution in [-0.2, 0) is 11.3 Å². The topological polar surface area (TPSA) is 43.8 Å². The molecule has 1 saturated heterocycles. The highest BCUT2D eigenvalue weighted by Gasteiger charge is 2.26. The van der Waals surface area contributed by atoms with Gasteiger partial charge in [0.2, 0.25) is 0 Å². The summed E-state index contributed by atoms with van der Waals surface area (Å²) in [5, 5.41) is 9.37. The number of hydrogen-bond acceptors (Lipinski definition) is 3. The summed E-state index contributed by atoms with van der Waals surface area (Å²) in [6, 6.07) is 10.7. The molecule has 4 heteroatoms. The zero-order chi connectivity index (χ0) is 14.5. The van der Waals surface area contributed by atoms with Gasteiger partial charge in [-0.2, -0.15) is 0 Å². The molecule has 0 aliphatic carbocycles. The zero-order valence-corrected chi connectivity index (χ0v) is 12.3. The molecule has 1 N–H and O–H groups in total. The number of rotatable bonds is 4. The zero-order valence-electron chi connectivity index (χ0n) is 12.3. The van der Waals surface area contributed by atoms with Crippen molar-refractivity contribution in [1.29, 1.82) is 0 Å². The Labute approximate surface area is 121 Å². The first-order valence-electron chi connectivity index (χ1n) is 7.29. The molecule has 0 spiro atoms. The summed E-state index contributed by atoms with van der Waals surface area (Å²) in [5.41, 5.74) is 1.33. The van der Waals surface area contributed by atoms with Gasteiger partial charge in [-0.05, 0) is 25.3 Å². The van der Waals surface area contributed by atoms with E-state index >= 15 is 0 Å². The van der Waals surface area contributed by atoms with Crippen molar-refractivity contribution in [3.8, 4) is 0 Å². The number of carbonyl (C=O) groups excluding carboxylic acids is 1. The molecule has 20 heavy (non-hydrogen) atoms. The highest BCUT2D eigenvalue weighted by Crippen LogP contribution is 2.18. The smallest absolute Gasteiger partial charge is 0.251 e. The Balaban J connectivity index is 1.82. The van der Waals surface area contributed by atoms with Crippen LogP contribution in [0.25, 0.3) is 0 Å². The Bertz CT molecular complexity index is 425. The molecule has 1 aliphatic rings. The van der Waals surface area contributed by atoms with E-state index in [-0.39, 0.29) is 11.9 Å². The molecule has 0 saturated carbocycles. The standard InChI is InChI=1S/C16H24N2O2/c1-13(19)16(20)17(2)15-8-10-18(11-9-15)12-14-6-4-3-5-7-14/h3-7,13,15,19H,8-12H2,1-2H3. The van der Waals surface area contributed by atoms with Crippen LogP contribution in [-0.4, -0.2) is 53.1 Å². The van der Waals surface area contributed by atoms with Crippen LogP contribution in [0, 0.1) is 0 Å². The van der Waals surface area contributed by atoms with Crippen LogP contribution in [0.5, 0.6) is 0 Å². The SMILES string of the molecule is CC(O)C(=O)N(C)C1CCN(Cc2ccccc2)CC1. The van der Waals surface area contributed by atoms with Crippen LogP contribution in [0.1, 0.15) is 25.3 Å². The third kappa shape index (κ3) is 3.81. The van der Waals surface area contributed by atoms with Crippen molar-refractivity contribution in [1.82, 2.24) is 9.80 Å². The van der Waals surface area contributed by atoms with E-state index in [4.69, 9.17) is 0 Å². The van der Waals surface area contributed by atoms with Gasteiger partial charge in [0.1, 0.15) is 6.10 Å². The molecule has 1 aliphatic heterocycles. The molecule has 4 nitrogen and oxygen atoms in total. The first kappa shape index (κ1) is 15.0. The quantitative estimate of drug-likeness (QED) is 0.906. The first-order valence-corrected chi connectivity index (χ1v) is 7.29. The number of piperidine rings is 1. The molecule has 1 heterocycles. The lowest BCUT2D eigenvalue weighted by Crippen LogP contribution is -2.47. The highest BCUT2D eigenvalue weighted by molar-refractivity contribution is 5.80. The van der Waals surface area contributed by atoms with E-state index in [0.717, 1.165) is 32.5 Å². The molecule has 1 atom stereocenters. The maximum Gasteiger partial charge on any atom is 0.251 e. The Morgan fingerprint density at radius 1 is 1.35 bits per heavy atom. The van der Waals surface area contributed by atoms with Gasteiger partial charge in [0.05, 0.1) is 0 Å². The van der Waals surface area contributed by atoms with E-state index in [1.165, 1.54) is 12.5 Å². The van der Waals surface area contributed by atoms with Gasteiger partial charge in [0, 0.05) is 32.7 Å². The molecule has 1 unspecified atom stereocenters. The summed E-state index contributed by atoms with van der Waals surface area (Å²) in [7, 11) is 1.80. The highest BCUT2D eigenvalue weighted by atomic mass is 16.3. The fourth-order valence-corrected chi connectivity index (χ4v) is 2.78. The van der Waals surface area contributed by atoms with Crippen LogP contribution in [0.4, 0.5) is 0 Å². The van der Waals surface area contributed by atoms with Crippen LogP contribution in [0.3, 0.4) is 0 Å². The van der Waals surface area contributed by atoms with Crippen molar-refractivity contribution >= 4 is 5.91 Å². The minimum absolute atomic E-state index is 0.175. The first-order chi connectivity index (χ1) is 9.58. The molecule has 1 amide bonds. The number of aliphatic hydroxyl groups excluding tert-OH is 1. The second-order valence-corrected chi connectivity index (χ2v) is 5.62. The molecule has 0 aromatic heterocycles. The largest absolute Gasteiger partial charge is 0.384 e. The molecule has 0 bridgehead atoms. The average molecular weight is 276 g/mol. The van der Waals surface area contributed by atoms with Crippen LogP contribution >= 0.6 is 0 Å². The van der Waals surface area contributed by atoms with Gasteiger partial charge in [-0.15, -0.1) is 0 Å². The van der Waals surface area contributed by atoms with Crippen LogP contribution in [0.2, 0.25) is 0 Å². The summed E-state index contributed by atoms with van der Waals surface area (Å²) >= 11 is 0. The fourth-order valence-electron chi connectivity index (χ4n) is 2.78. The van der Waals surface area contributed by atoms with Gasteiger partial charge < -0.3 is 10.0 Å². The van der Waals surface area contributed by atoms with E-state index in [1.807, 2.05) is 6.07 Å². The monoisotopic (exact) mass is 276 g/mol. The lowest BCUT2D eigenvalue weighted by molar-refractivity contribution is -0.140. The molecule has 2 rings (SSSR count). The van der Waals surface area contributed by atoms with E-state index in [9.17, 15) is 9.90 Å². The van der Waals surface area contributed by atoms with E-state index in [0.29, 0.717) is 0 Å². The number of nitrogens with zero attached hydrogens (tertiary/aromatic N) is 2. The summed E-state index contributed by atoms with van der Waals surface area (Å²) in [5.74, 6) is -0.175. The number of aliphatic hydroxyl groups is 1. The molecule has 1 aromatic rings. The van der Waals surface area contributed by atoms with Crippen LogP contribution in [0.15, 0.2) is 30.3 Å². The Hall–Kier alpha value is -1.39. The fraction of sp³-hybridized carbons (Fsp3) is 0.562. The van der Waals surface area contributed by atoms with Crippen molar-refractivity contribution < 1.29 is 9.90 Å². The van der Waals surface area contributed by atoms with E-state index in [2.05, 4.69) is 29.2 Å². The normalized spacial score (nSPS) is 18.8. The van der Waals surface area contributed by atoms with Crippen molar-refractivity contribution in [2.45, 2.75) is 38.5 Å². The number of likely N-dealkylation sites (tertiary alicyclic amines) is 1. The molecule has 1 fully saturated rings. The van der Waals surface area contributed by atoms with Gasteiger partial charge in [0.15, 0.2) is 0 Å². The third-order valence-electron chi connectivity index (χ3n) is 4.06. The number of carbonyl (C=O) groups is 1. The van der Waals surface area contributed by atoms with Gasteiger partial charge in [-0.25, -0.2) is 0 Å². The van der Waals surface area contributed by atoms with Crippen molar-refractivity contribution in [2.75, 3.05) is 20.1 Å². The van der Waals surface area contributed by atoms with Gasteiger partial charge >= 0.3 is 0 Å². The van der Waals surface area contributed by atoms with Crippen molar-refractivity contribution in [3.63, 3.8) is 0 Å². The second-order valence-electron chi connectivity index (χ2n) is 5.62. The van der Waals surface area contributed by atoms with Crippen molar-refractivity contribution in [3.05, 3.63) is 35.9 Å². The third-order valence-corrected chi connectivity index (χ3v) is 4.06. The lowest BCUT2D eigenvalue weighted by atomic mass is 10.0. The van der Waals surface area contributed by atoms with Gasteiger partial charge in [0.25, 0.3) is 5.91 Å². The summed E-state index contributed by atoms with van der Waals surface area (Å²) in [4.78, 5) is 15.9. The van der Waals surface area contributed by atoms with Crippen LogP contribution < -0.4 is 0 Å². The second kappa shape index (κ2) is 6.86. The molecular formula is C16H24N2O2. The Morgan fingerprint density at radius 2 is 1.95 bits per heavy atom. The molecule has 0 radical (unpaired) electrons. The number of hydrogen-bond donors (Lipinski definition) is 1. The predicted molar refractivity (Wildman–Crippen MR) is 79.2 cm³/mol. The lowest BCUT2D eigenvalue weighted by Gasteiger charge is -2.37. The number of likely N-dealkylation sites (N-methyl/N-ethyl adjacent to an activating group) is 1. The summed E-state index contributed by atoms with van der Waals surface area (Å²) in [6.45, 7) is 4.50.